The van der Waals surface area contributed by atoms with Gasteiger partial charge in [-0.1, -0.05) is 6.07 Å². The normalized spacial score (nSPS) is 18.8. The second kappa shape index (κ2) is 5.29. The Morgan fingerprint density at radius 2 is 2.30 bits per heavy atom. The van der Waals surface area contributed by atoms with E-state index in [9.17, 15) is 0 Å². The minimum atomic E-state index is 0.319. The zero-order valence-electron chi connectivity index (χ0n) is 11.4. The van der Waals surface area contributed by atoms with Gasteiger partial charge < -0.3 is 4.90 Å². The van der Waals surface area contributed by atoms with Crippen LogP contribution in [0.15, 0.2) is 24.8 Å². The number of nitrogens with zero attached hydrogens (tertiary/aromatic N) is 6. The number of hydrogen-bond donors (Lipinski definition) is 0. The average molecular weight is 268 g/mol. The first-order chi connectivity index (χ1) is 9.78. The van der Waals surface area contributed by atoms with Crippen LogP contribution in [-0.4, -0.2) is 32.8 Å². The molecule has 6 nitrogen and oxygen atoms in total. The zero-order chi connectivity index (χ0) is 13.9. The number of pyridine rings is 1. The van der Waals surface area contributed by atoms with Crippen molar-refractivity contribution in [3.05, 3.63) is 36.0 Å². The van der Waals surface area contributed by atoms with E-state index in [1.54, 1.807) is 12.7 Å². The summed E-state index contributed by atoms with van der Waals surface area (Å²) < 4.78 is 1.91. The molecule has 0 saturated carbocycles. The molecule has 2 aromatic rings. The lowest BCUT2D eigenvalue weighted by atomic mass is 10.1. The summed E-state index contributed by atoms with van der Waals surface area (Å²) in [6.45, 7) is 3.72. The number of aromatic nitrogens is 4. The molecule has 0 radical (unpaired) electrons. The molecule has 0 amide bonds. The van der Waals surface area contributed by atoms with E-state index in [1.807, 2.05) is 23.7 Å². The summed E-state index contributed by atoms with van der Waals surface area (Å²) in [5, 5.41) is 13.3. The molecule has 0 aliphatic carbocycles. The lowest BCUT2D eigenvalue weighted by Crippen LogP contribution is -2.37. The van der Waals surface area contributed by atoms with Crippen LogP contribution in [-0.2, 0) is 0 Å². The van der Waals surface area contributed by atoms with Crippen molar-refractivity contribution in [1.82, 2.24) is 19.7 Å². The molecule has 1 atom stereocenters. The van der Waals surface area contributed by atoms with E-state index in [0.717, 1.165) is 37.3 Å². The van der Waals surface area contributed by atoms with Crippen LogP contribution in [0.25, 0.3) is 0 Å². The van der Waals surface area contributed by atoms with E-state index >= 15 is 0 Å². The second-order valence-electron chi connectivity index (χ2n) is 5.06. The third kappa shape index (κ3) is 2.35. The lowest BCUT2D eigenvalue weighted by Gasteiger charge is -2.33. The summed E-state index contributed by atoms with van der Waals surface area (Å²) >= 11 is 0. The molecule has 2 aromatic heterocycles. The fourth-order valence-corrected chi connectivity index (χ4v) is 2.59. The van der Waals surface area contributed by atoms with Crippen molar-refractivity contribution in [3.8, 4) is 6.07 Å². The summed E-state index contributed by atoms with van der Waals surface area (Å²) in [4.78, 5) is 10.7. The van der Waals surface area contributed by atoms with Crippen LogP contribution in [0.3, 0.4) is 0 Å². The molecule has 20 heavy (non-hydrogen) atoms. The Morgan fingerprint density at radius 3 is 3.05 bits per heavy atom. The van der Waals surface area contributed by atoms with Gasteiger partial charge in [-0.15, -0.1) is 0 Å². The van der Waals surface area contributed by atoms with E-state index in [1.165, 1.54) is 0 Å². The number of aryl methyl sites for hydroxylation is 1. The van der Waals surface area contributed by atoms with E-state index < -0.39 is 0 Å². The number of rotatable bonds is 2. The number of anilines is 1. The molecule has 0 spiro atoms. The van der Waals surface area contributed by atoms with Crippen molar-refractivity contribution < 1.29 is 0 Å². The lowest BCUT2D eigenvalue weighted by molar-refractivity contribution is 0.374. The number of piperidine rings is 1. The monoisotopic (exact) mass is 268 g/mol. The average Bonchev–Trinajstić information content (AvgIpc) is 3.02. The van der Waals surface area contributed by atoms with Gasteiger partial charge in [0.2, 0.25) is 0 Å². The highest BCUT2D eigenvalue weighted by Gasteiger charge is 2.23. The Bertz CT molecular complexity index is 628. The van der Waals surface area contributed by atoms with Gasteiger partial charge in [-0.05, 0) is 31.4 Å². The van der Waals surface area contributed by atoms with Crippen LogP contribution in [0.1, 0.15) is 30.1 Å². The summed E-state index contributed by atoms with van der Waals surface area (Å²) in [6.07, 6.45) is 5.51. The van der Waals surface area contributed by atoms with Crippen LogP contribution in [0.4, 0.5) is 5.82 Å². The molecule has 1 aliphatic heterocycles. The molecular weight excluding hydrogens is 252 g/mol. The van der Waals surface area contributed by atoms with Crippen LogP contribution in [0.2, 0.25) is 0 Å². The second-order valence-corrected chi connectivity index (χ2v) is 5.06. The summed E-state index contributed by atoms with van der Waals surface area (Å²) in [7, 11) is 0. The van der Waals surface area contributed by atoms with Crippen LogP contribution in [0.5, 0.6) is 0 Å². The summed E-state index contributed by atoms with van der Waals surface area (Å²) in [5.41, 5.74) is 1.42. The van der Waals surface area contributed by atoms with E-state index in [4.69, 9.17) is 5.26 Å². The highest BCUT2D eigenvalue weighted by Crippen LogP contribution is 2.24. The zero-order valence-corrected chi connectivity index (χ0v) is 11.4. The van der Waals surface area contributed by atoms with Crippen LogP contribution >= 0.6 is 0 Å². The molecule has 1 unspecified atom stereocenters. The van der Waals surface area contributed by atoms with Gasteiger partial charge in [0, 0.05) is 13.1 Å². The molecule has 3 rings (SSSR count). The standard InChI is InChI=1S/C14H16N6/c1-11-4-5-14(18-13(11)7-15)19-6-2-3-12(8-19)20-10-16-9-17-20/h4-5,9-10,12H,2-3,6,8H2,1H3. The fraction of sp³-hybridized carbons (Fsp3) is 0.429. The number of hydrogen-bond acceptors (Lipinski definition) is 5. The Morgan fingerprint density at radius 1 is 1.40 bits per heavy atom. The van der Waals surface area contributed by atoms with Crippen LogP contribution < -0.4 is 4.90 Å². The molecule has 102 valence electrons. The Hall–Kier alpha value is -2.42. The number of nitriles is 1. The highest BCUT2D eigenvalue weighted by molar-refractivity contribution is 5.45. The predicted octanol–water partition coefficient (Wildman–Crippen LogP) is 1.69. The Balaban J connectivity index is 1.82. The maximum Gasteiger partial charge on any atom is 0.145 e. The maximum absolute atomic E-state index is 9.09. The van der Waals surface area contributed by atoms with Crippen molar-refractivity contribution in [1.29, 1.82) is 5.26 Å². The first-order valence-corrected chi connectivity index (χ1v) is 6.75. The van der Waals surface area contributed by atoms with Crippen molar-refractivity contribution >= 4 is 5.82 Å². The largest absolute Gasteiger partial charge is 0.354 e. The first kappa shape index (κ1) is 12.6. The van der Waals surface area contributed by atoms with Gasteiger partial charge >= 0.3 is 0 Å². The summed E-state index contributed by atoms with van der Waals surface area (Å²) in [6, 6.07) is 6.41. The molecular formula is C14H16N6. The van der Waals surface area contributed by atoms with Crippen molar-refractivity contribution in [3.63, 3.8) is 0 Å². The molecule has 1 aliphatic rings. The third-order valence-electron chi connectivity index (χ3n) is 3.72. The van der Waals surface area contributed by atoms with Gasteiger partial charge in [-0.3, -0.25) is 0 Å². The molecule has 1 saturated heterocycles. The van der Waals surface area contributed by atoms with E-state index in [0.29, 0.717) is 11.7 Å². The summed E-state index contributed by atoms with van der Waals surface area (Å²) in [5.74, 6) is 0.872. The first-order valence-electron chi connectivity index (χ1n) is 6.75. The van der Waals surface area contributed by atoms with Gasteiger partial charge in [0.05, 0.1) is 6.04 Å². The van der Waals surface area contributed by atoms with Gasteiger partial charge in [0.25, 0.3) is 0 Å². The SMILES string of the molecule is Cc1ccc(N2CCCC(n3cncn3)C2)nc1C#N. The predicted molar refractivity (Wildman–Crippen MR) is 74.2 cm³/mol. The van der Waals surface area contributed by atoms with Gasteiger partial charge in [0.1, 0.15) is 30.2 Å². The minimum Gasteiger partial charge on any atom is -0.354 e. The van der Waals surface area contributed by atoms with Gasteiger partial charge in [-0.2, -0.15) is 10.4 Å². The van der Waals surface area contributed by atoms with Gasteiger partial charge in [0.15, 0.2) is 0 Å². The third-order valence-corrected chi connectivity index (χ3v) is 3.72. The van der Waals surface area contributed by atoms with E-state index in [2.05, 4.69) is 26.0 Å². The molecule has 0 bridgehead atoms. The van der Waals surface area contributed by atoms with Crippen molar-refractivity contribution in [2.45, 2.75) is 25.8 Å². The van der Waals surface area contributed by atoms with Crippen LogP contribution in [0, 0.1) is 18.3 Å². The quantitative estimate of drug-likeness (QED) is 0.829. The fourth-order valence-electron chi connectivity index (χ4n) is 2.59. The Labute approximate surface area is 117 Å². The highest BCUT2D eigenvalue weighted by atomic mass is 15.4. The topological polar surface area (TPSA) is 70.6 Å². The molecule has 6 heteroatoms. The molecule has 3 heterocycles. The minimum absolute atomic E-state index is 0.319. The van der Waals surface area contributed by atoms with Gasteiger partial charge in [-0.25, -0.2) is 14.6 Å². The molecule has 0 aromatic carbocycles. The maximum atomic E-state index is 9.09. The smallest absolute Gasteiger partial charge is 0.145 e. The van der Waals surface area contributed by atoms with E-state index in [-0.39, 0.29) is 0 Å². The molecule has 1 fully saturated rings. The van der Waals surface area contributed by atoms with Crippen molar-refractivity contribution in [2.24, 2.45) is 0 Å². The Kier molecular flexibility index (Phi) is 3.33. The van der Waals surface area contributed by atoms with Crippen molar-refractivity contribution in [2.75, 3.05) is 18.0 Å². The molecule has 0 N–H and O–H groups in total.